The lowest BCUT2D eigenvalue weighted by molar-refractivity contribution is 0.0966. The van der Waals surface area contributed by atoms with E-state index in [2.05, 4.69) is 15.5 Å². The molecule has 0 aliphatic rings. The number of hydrogen-bond donors (Lipinski definition) is 1. The highest BCUT2D eigenvalue weighted by Gasteiger charge is 2.16. The molecule has 0 spiro atoms. The highest BCUT2D eigenvalue weighted by molar-refractivity contribution is 7.19. The van der Waals surface area contributed by atoms with Crippen LogP contribution in [-0.2, 0) is 0 Å². The molecule has 2 rings (SSSR count). The lowest BCUT2D eigenvalue weighted by atomic mass is 10.3. The van der Waals surface area contributed by atoms with Crippen LogP contribution in [0.1, 0.15) is 21.2 Å². The van der Waals surface area contributed by atoms with Gasteiger partial charge in [0.2, 0.25) is 4.96 Å². The second kappa shape index (κ2) is 3.06. The maximum absolute atomic E-state index is 11.5. The molecule has 0 atom stereocenters. The topological polar surface area (TPSA) is 59.3 Å². The van der Waals surface area contributed by atoms with E-state index in [0.29, 0.717) is 4.88 Å². The first kappa shape index (κ1) is 9.14. The van der Waals surface area contributed by atoms with Gasteiger partial charge in [0.05, 0.1) is 0 Å². The number of amides is 1. The molecule has 0 aliphatic heterocycles. The largest absolute Gasteiger partial charge is 0.354 e. The molecule has 1 N–H and O–H groups in total. The molecule has 2 aromatic heterocycles. The maximum atomic E-state index is 11.5. The van der Waals surface area contributed by atoms with Gasteiger partial charge in [-0.3, -0.25) is 9.20 Å². The van der Waals surface area contributed by atoms with Gasteiger partial charge in [0.25, 0.3) is 5.91 Å². The number of aryl methyl sites for hydroxylation is 2. The number of fused-ring (bicyclic) bond motifs is 1. The lowest BCUT2D eigenvalue weighted by Gasteiger charge is -1.97. The highest BCUT2D eigenvalue weighted by Crippen LogP contribution is 2.22. The van der Waals surface area contributed by atoms with E-state index in [-0.39, 0.29) is 5.91 Å². The van der Waals surface area contributed by atoms with Crippen molar-refractivity contribution < 1.29 is 4.79 Å². The Hall–Kier alpha value is -1.43. The predicted octanol–water partition coefficient (Wildman–Crippen LogP) is 0.767. The van der Waals surface area contributed by atoms with E-state index >= 15 is 0 Å². The molecule has 1 amide bonds. The molecule has 0 saturated carbocycles. The van der Waals surface area contributed by atoms with Crippen molar-refractivity contribution in [1.29, 1.82) is 0 Å². The van der Waals surface area contributed by atoms with Crippen LogP contribution in [0, 0.1) is 13.8 Å². The van der Waals surface area contributed by atoms with Gasteiger partial charge in [0.1, 0.15) is 10.7 Å². The second-order valence-corrected chi connectivity index (χ2v) is 3.94. The SMILES string of the molecule is CNC(=O)c1sc2nnc(C)n2c1C. The number of aromatic nitrogens is 3. The number of nitrogens with one attached hydrogen (secondary N) is 1. The molecular weight excluding hydrogens is 200 g/mol. The molecule has 2 heterocycles. The van der Waals surface area contributed by atoms with Crippen molar-refractivity contribution in [2.24, 2.45) is 0 Å². The summed E-state index contributed by atoms with van der Waals surface area (Å²) in [5.74, 6) is 0.737. The molecule has 0 saturated heterocycles. The van der Waals surface area contributed by atoms with Gasteiger partial charge in [0, 0.05) is 12.7 Å². The Morgan fingerprint density at radius 1 is 1.43 bits per heavy atom. The van der Waals surface area contributed by atoms with E-state index in [0.717, 1.165) is 16.5 Å². The highest BCUT2D eigenvalue weighted by atomic mass is 32.1. The summed E-state index contributed by atoms with van der Waals surface area (Å²) in [6, 6.07) is 0. The minimum Gasteiger partial charge on any atom is -0.354 e. The molecule has 74 valence electrons. The van der Waals surface area contributed by atoms with Crippen LogP contribution in [0.5, 0.6) is 0 Å². The summed E-state index contributed by atoms with van der Waals surface area (Å²) >= 11 is 1.35. The summed E-state index contributed by atoms with van der Waals surface area (Å²) in [7, 11) is 1.62. The van der Waals surface area contributed by atoms with E-state index in [1.165, 1.54) is 11.3 Å². The van der Waals surface area contributed by atoms with Crippen LogP contribution in [-0.4, -0.2) is 27.6 Å². The number of nitrogens with zero attached hydrogens (tertiary/aromatic N) is 3. The summed E-state index contributed by atoms with van der Waals surface area (Å²) in [6.07, 6.45) is 0. The van der Waals surface area contributed by atoms with Crippen molar-refractivity contribution in [3.8, 4) is 0 Å². The van der Waals surface area contributed by atoms with Crippen LogP contribution >= 0.6 is 11.3 Å². The summed E-state index contributed by atoms with van der Waals surface area (Å²) in [4.78, 5) is 12.9. The third kappa shape index (κ3) is 1.11. The van der Waals surface area contributed by atoms with E-state index in [9.17, 15) is 4.79 Å². The molecule has 14 heavy (non-hydrogen) atoms. The average Bonchev–Trinajstić information content (AvgIpc) is 2.68. The summed E-state index contributed by atoms with van der Waals surface area (Å²) < 4.78 is 1.88. The molecule has 0 radical (unpaired) electrons. The maximum Gasteiger partial charge on any atom is 0.263 e. The second-order valence-electron chi connectivity index (χ2n) is 2.96. The molecular formula is C8H10N4OS. The molecule has 0 bridgehead atoms. The van der Waals surface area contributed by atoms with Crippen molar-refractivity contribution in [3.05, 3.63) is 16.4 Å². The van der Waals surface area contributed by atoms with E-state index in [1.54, 1.807) is 7.05 Å². The summed E-state index contributed by atoms with van der Waals surface area (Å²) in [5, 5.41) is 10.5. The van der Waals surface area contributed by atoms with Crippen LogP contribution in [0.3, 0.4) is 0 Å². The fourth-order valence-corrected chi connectivity index (χ4v) is 2.44. The normalized spacial score (nSPS) is 10.8. The Labute approximate surface area is 84.8 Å². The fraction of sp³-hybridized carbons (Fsp3) is 0.375. The third-order valence-corrected chi connectivity index (χ3v) is 3.22. The Morgan fingerprint density at radius 2 is 2.14 bits per heavy atom. The predicted molar refractivity (Wildman–Crippen MR) is 53.7 cm³/mol. The van der Waals surface area contributed by atoms with Crippen LogP contribution in [0.4, 0.5) is 0 Å². The van der Waals surface area contributed by atoms with Gasteiger partial charge in [-0.1, -0.05) is 11.3 Å². The molecule has 6 heteroatoms. The van der Waals surface area contributed by atoms with Gasteiger partial charge in [-0.25, -0.2) is 0 Å². The van der Waals surface area contributed by atoms with Gasteiger partial charge in [-0.15, -0.1) is 10.2 Å². The van der Waals surface area contributed by atoms with Crippen LogP contribution in [0.25, 0.3) is 4.96 Å². The fourth-order valence-electron chi connectivity index (χ4n) is 1.39. The van der Waals surface area contributed by atoms with Crippen LogP contribution < -0.4 is 5.32 Å². The lowest BCUT2D eigenvalue weighted by Crippen LogP contribution is -2.17. The molecule has 0 fully saturated rings. The molecule has 2 aromatic rings. The number of hydrogen-bond acceptors (Lipinski definition) is 4. The first-order valence-electron chi connectivity index (χ1n) is 4.18. The Kier molecular flexibility index (Phi) is 1.99. The molecule has 0 unspecified atom stereocenters. The zero-order valence-electron chi connectivity index (χ0n) is 8.16. The standard InChI is InChI=1S/C8H10N4OS/c1-4-6(7(13)9-3)14-8-11-10-5(2)12(4)8/h1-3H3,(H,9,13). The van der Waals surface area contributed by atoms with Gasteiger partial charge < -0.3 is 5.32 Å². The van der Waals surface area contributed by atoms with Crippen molar-refractivity contribution >= 4 is 22.2 Å². The number of carbonyl (C=O) groups is 1. The summed E-state index contributed by atoms with van der Waals surface area (Å²) in [5.41, 5.74) is 0.895. The van der Waals surface area contributed by atoms with Gasteiger partial charge in [-0.05, 0) is 13.8 Å². The quantitative estimate of drug-likeness (QED) is 0.756. The van der Waals surface area contributed by atoms with Crippen molar-refractivity contribution in [3.63, 3.8) is 0 Å². The number of carbonyl (C=O) groups excluding carboxylic acids is 1. The van der Waals surface area contributed by atoms with Gasteiger partial charge in [-0.2, -0.15) is 0 Å². The van der Waals surface area contributed by atoms with Crippen LogP contribution in [0.2, 0.25) is 0 Å². The molecule has 0 aliphatic carbocycles. The monoisotopic (exact) mass is 210 g/mol. The Morgan fingerprint density at radius 3 is 2.71 bits per heavy atom. The minimum absolute atomic E-state index is 0.0719. The van der Waals surface area contributed by atoms with E-state index in [1.807, 2.05) is 18.2 Å². The number of thiazole rings is 1. The number of rotatable bonds is 1. The van der Waals surface area contributed by atoms with E-state index in [4.69, 9.17) is 0 Å². The van der Waals surface area contributed by atoms with Crippen molar-refractivity contribution in [2.75, 3.05) is 7.05 Å². The third-order valence-electron chi connectivity index (χ3n) is 2.09. The van der Waals surface area contributed by atoms with E-state index < -0.39 is 0 Å². The zero-order chi connectivity index (χ0) is 10.3. The smallest absolute Gasteiger partial charge is 0.263 e. The van der Waals surface area contributed by atoms with Gasteiger partial charge in [0.15, 0.2) is 0 Å². The average molecular weight is 210 g/mol. The minimum atomic E-state index is -0.0719. The Balaban J connectivity index is 2.69. The molecule has 5 nitrogen and oxygen atoms in total. The zero-order valence-corrected chi connectivity index (χ0v) is 8.97. The van der Waals surface area contributed by atoms with Crippen molar-refractivity contribution in [1.82, 2.24) is 19.9 Å². The first-order chi connectivity index (χ1) is 6.65. The van der Waals surface area contributed by atoms with Crippen molar-refractivity contribution in [2.45, 2.75) is 13.8 Å². The molecule has 0 aromatic carbocycles. The van der Waals surface area contributed by atoms with Crippen LogP contribution in [0.15, 0.2) is 0 Å². The Bertz CT molecular complexity index is 499. The first-order valence-corrected chi connectivity index (χ1v) is 5.00. The van der Waals surface area contributed by atoms with Gasteiger partial charge >= 0.3 is 0 Å². The summed E-state index contributed by atoms with van der Waals surface area (Å²) in [6.45, 7) is 3.76.